The van der Waals surface area contributed by atoms with Crippen LogP contribution >= 0.6 is 0 Å². The zero-order valence-electron chi connectivity index (χ0n) is 11.3. The Hall–Kier alpha value is -1.95. The van der Waals surface area contributed by atoms with Crippen molar-refractivity contribution < 1.29 is 14.3 Å². The van der Waals surface area contributed by atoms with E-state index in [9.17, 15) is 9.59 Å². The maximum Gasteiger partial charge on any atom is 0.247 e. The summed E-state index contributed by atoms with van der Waals surface area (Å²) >= 11 is 0. The van der Waals surface area contributed by atoms with Gasteiger partial charge in [-0.25, -0.2) is 4.98 Å². The molecule has 1 N–H and O–H groups in total. The van der Waals surface area contributed by atoms with Gasteiger partial charge in [-0.15, -0.1) is 0 Å². The minimum absolute atomic E-state index is 0.0619. The van der Waals surface area contributed by atoms with Gasteiger partial charge in [0.05, 0.1) is 19.6 Å². The van der Waals surface area contributed by atoms with E-state index >= 15 is 0 Å². The molecule has 2 heterocycles. The van der Waals surface area contributed by atoms with Crippen LogP contribution in [0.5, 0.6) is 5.88 Å². The molecule has 0 bridgehead atoms. The number of hydrogen-bond donors (Lipinski definition) is 1. The Bertz CT molecular complexity index is 542. The van der Waals surface area contributed by atoms with Crippen LogP contribution in [0.3, 0.4) is 0 Å². The molecule has 2 fully saturated rings. The first-order valence-electron chi connectivity index (χ1n) is 6.78. The molecule has 6 heteroatoms. The number of amides is 2. The predicted molar refractivity (Wildman–Crippen MR) is 70.9 cm³/mol. The quantitative estimate of drug-likeness (QED) is 0.791. The predicted octanol–water partition coefficient (Wildman–Crippen LogP) is 0.470. The minimum Gasteiger partial charge on any atom is -0.481 e. The number of ether oxygens (including phenoxy) is 1. The fourth-order valence-electron chi connectivity index (χ4n) is 2.50. The third-order valence-corrected chi connectivity index (χ3v) is 3.68. The third kappa shape index (κ3) is 2.38. The van der Waals surface area contributed by atoms with E-state index in [2.05, 4.69) is 10.3 Å². The fourth-order valence-corrected chi connectivity index (χ4v) is 2.50. The Morgan fingerprint density at radius 1 is 1.45 bits per heavy atom. The molecular weight excluding hydrogens is 258 g/mol. The van der Waals surface area contributed by atoms with E-state index in [-0.39, 0.29) is 24.3 Å². The summed E-state index contributed by atoms with van der Waals surface area (Å²) in [6, 6.07) is 3.43. The van der Waals surface area contributed by atoms with Crippen molar-refractivity contribution in [1.29, 1.82) is 0 Å². The van der Waals surface area contributed by atoms with E-state index in [1.165, 1.54) is 4.90 Å². The van der Waals surface area contributed by atoms with Gasteiger partial charge in [-0.1, -0.05) is 6.07 Å². The Kier molecular flexibility index (Phi) is 3.40. The molecule has 0 spiro atoms. The maximum atomic E-state index is 12.2. The number of rotatable bonds is 5. The summed E-state index contributed by atoms with van der Waals surface area (Å²) in [5, 5.41) is 3.13. The number of hydrogen-bond acceptors (Lipinski definition) is 5. The minimum atomic E-state index is -0.423. The highest BCUT2D eigenvalue weighted by molar-refractivity contribution is 6.06. The van der Waals surface area contributed by atoms with Crippen LogP contribution in [0.25, 0.3) is 0 Å². The Balaban J connectivity index is 1.64. The van der Waals surface area contributed by atoms with Gasteiger partial charge in [0.1, 0.15) is 0 Å². The van der Waals surface area contributed by atoms with Crippen molar-refractivity contribution in [3.05, 3.63) is 23.9 Å². The second-order valence-electron chi connectivity index (χ2n) is 5.14. The average molecular weight is 275 g/mol. The van der Waals surface area contributed by atoms with Crippen molar-refractivity contribution >= 4 is 11.8 Å². The van der Waals surface area contributed by atoms with Crippen LogP contribution < -0.4 is 10.1 Å². The molecule has 106 valence electrons. The SMILES string of the molecule is COc1ncccc1CNC1CC(=O)N(C2CC2)C1=O. The van der Waals surface area contributed by atoms with E-state index in [0.29, 0.717) is 12.4 Å². The summed E-state index contributed by atoms with van der Waals surface area (Å²) in [6.45, 7) is 0.458. The lowest BCUT2D eigenvalue weighted by molar-refractivity contribution is -0.139. The topological polar surface area (TPSA) is 71.5 Å². The lowest BCUT2D eigenvalue weighted by Crippen LogP contribution is -2.39. The van der Waals surface area contributed by atoms with Crippen LogP contribution in [0.2, 0.25) is 0 Å². The number of carbonyl (C=O) groups excluding carboxylic acids is 2. The van der Waals surface area contributed by atoms with Gasteiger partial charge >= 0.3 is 0 Å². The lowest BCUT2D eigenvalue weighted by Gasteiger charge is -2.15. The molecule has 2 amide bonds. The molecule has 0 aromatic carbocycles. The van der Waals surface area contributed by atoms with Crippen molar-refractivity contribution in [2.45, 2.75) is 37.9 Å². The number of methoxy groups -OCH3 is 1. The number of nitrogens with zero attached hydrogens (tertiary/aromatic N) is 2. The Morgan fingerprint density at radius 2 is 2.25 bits per heavy atom. The molecule has 1 aliphatic heterocycles. The monoisotopic (exact) mass is 275 g/mol. The standard InChI is InChI=1S/C14H17N3O3/c1-20-13-9(3-2-6-15-13)8-16-11-7-12(18)17(14(11)19)10-4-5-10/h2-3,6,10-11,16H,4-5,7-8H2,1H3. The molecule has 2 aliphatic rings. The van der Waals surface area contributed by atoms with Crippen molar-refractivity contribution in [2.75, 3.05) is 7.11 Å². The number of aromatic nitrogens is 1. The van der Waals surface area contributed by atoms with Crippen LogP contribution in [0.4, 0.5) is 0 Å². The average Bonchev–Trinajstić information content (AvgIpc) is 3.24. The summed E-state index contributed by atoms with van der Waals surface area (Å²) in [5.41, 5.74) is 0.875. The number of likely N-dealkylation sites (tertiary alicyclic amines) is 1. The van der Waals surface area contributed by atoms with Crippen molar-refractivity contribution in [3.63, 3.8) is 0 Å². The molecule has 0 radical (unpaired) electrons. The second-order valence-corrected chi connectivity index (χ2v) is 5.14. The lowest BCUT2D eigenvalue weighted by atomic mass is 10.2. The van der Waals surface area contributed by atoms with E-state index in [0.717, 1.165) is 18.4 Å². The van der Waals surface area contributed by atoms with Gasteiger partial charge in [-0.05, 0) is 18.9 Å². The van der Waals surface area contributed by atoms with E-state index in [1.54, 1.807) is 13.3 Å². The molecule has 1 saturated heterocycles. The van der Waals surface area contributed by atoms with Crippen molar-refractivity contribution in [1.82, 2.24) is 15.2 Å². The molecule has 3 rings (SSSR count). The summed E-state index contributed by atoms with van der Waals surface area (Å²) in [6.07, 6.45) is 3.79. The third-order valence-electron chi connectivity index (χ3n) is 3.68. The number of imide groups is 1. The van der Waals surface area contributed by atoms with Gasteiger partial charge in [-0.2, -0.15) is 0 Å². The van der Waals surface area contributed by atoms with Crippen molar-refractivity contribution in [3.8, 4) is 5.88 Å². The summed E-state index contributed by atoms with van der Waals surface area (Å²) in [4.78, 5) is 29.5. The molecule has 1 saturated carbocycles. The maximum absolute atomic E-state index is 12.2. The summed E-state index contributed by atoms with van der Waals surface area (Å²) in [5.74, 6) is 0.379. The molecule has 1 unspecified atom stereocenters. The van der Waals surface area contributed by atoms with Gasteiger partial charge in [0.2, 0.25) is 17.7 Å². The molecular formula is C14H17N3O3. The Morgan fingerprint density at radius 3 is 2.95 bits per heavy atom. The number of pyridine rings is 1. The second kappa shape index (κ2) is 5.20. The first kappa shape index (κ1) is 13.1. The molecule has 1 aliphatic carbocycles. The zero-order valence-corrected chi connectivity index (χ0v) is 11.3. The molecule has 6 nitrogen and oxygen atoms in total. The van der Waals surface area contributed by atoms with Crippen molar-refractivity contribution in [2.24, 2.45) is 0 Å². The van der Waals surface area contributed by atoms with E-state index in [4.69, 9.17) is 4.74 Å². The first-order chi connectivity index (χ1) is 9.70. The van der Waals surface area contributed by atoms with Crippen LogP contribution in [0.15, 0.2) is 18.3 Å². The molecule has 1 aromatic rings. The van der Waals surface area contributed by atoms with Crippen LogP contribution in [0.1, 0.15) is 24.8 Å². The van der Waals surface area contributed by atoms with Crippen LogP contribution in [0, 0.1) is 0 Å². The Labute approximate surface area is 117 Å². The molecule has 20 heavy (non-hydrogen) atoms. The molecule has 1 atom stereocenters. The van der Waals surface area contributed by atoms with E-state index < -0.39 is 6.04 Å². The van der Waals surface area contributed by atoms with Gasteiger partial charge in [0, 0.05) is 24.3 Å². The highest BCUT2D eigenvalue weighted by atomic mass is 16.5. The van der Waals surface area contributed by atoms with Gasteiger partial charge in [-0.3, -0.25) is 14.5 Å². The molecule has 1 aromatic heterocycles. The van der Waals surface area contributed by atoms with E-state index in [1.807, 2.05) is 12.1 Å². The van der Waals surface area contributed by atoms with Crippen LogP contribution in [-0.4, -0.2) is 40.9 Å². The summed E-state index contributed by atoms with van der Waals surface area (Å²) in [7, 11) is 1.56. The van der Waals surface area contributed by atoms with Crippen LogP contribution in [-0.2, 0) is 16.1 Å². The number of carbonyl (C=O) groups is 2. The van der Waals surface area contributed by atoms with Gasteiger partial charge in [0.25, 0.3) is 0 Å². The first-order valence-corrected chi connectivity index (χ1v) is 6.78. The largest absolute Gasteiger partial charge is 0.481 e. The van der Waals surface area contributed by atoms with Gasteiger partial charge in [0.15, 0.2) is 0 Å². The highest BCUT2D eigenvalue weighted by Gasteiger charge is 2.45. The fraction of sp³-hybridized carbons (Fsp3) is 0.500. The van der Waals surface area contributed by atoms with Gasteiger partial charge < -0.3 is 10.1 Å². The number of nitrogens with one attached hydrogen (secondary N) is 1. The normalized spacial score (nSPS) is 22.4. The summed E-state index contributed by atoms with van der Waals surface area (Å²) < 4.78 is 5.16. The highest BCUT2D eigenvalue weighted by Crippen LogP contribution is 2.31. The zero-order chi connectivity index (χ0) is 14.1. The smallest absolute Gasteiger partial charge is 0.247 e.